The molecule has 128 valence electrons. The third kappa shape index (κ3) is 4.67. The minimum atomic E-state index is -0.604. The number of nitrogens with zero attached hydrogens (tertiary/aromatic N) is 1. The SMILES string of the molecule is O[C@@H]1[C@@H](CN(Cc2ccccc2)Cc2ccccc2)CCC[C@@H]1O. The molecule has 1 fully saturated rings. The van der Waals surface area contributed by atoms with Crippen molar-refractivity contribution in [1.29, 1.82) is 0 Å². The molecule has 0 amide bonds. The van der Waals surface area contributed by atoms with E-state index in [2.05, 4.69) is 53.4 Å². The molecule has 3 atom stereocenters. The predicted octanol–water partition coefficient (Wildman–Crippen LogP) is 3.21. The Kier molecular flexibility index (Phi) is 6.02. The Balaban J connectivity index is 1.71. The van der Waals surface area contributed by atoms with Gasteiger partial charge in [0.2, 0.25) is 0 Å². The van der Waals surface area contributed by atoms with Crippen molar-refractivity contribution in [1.82, 2.24) is 4.90 Å². The molecule has 2 aromatic rings. The fourth-order valence-corrected chi connectivity index (χ4v) is 3.64. The first kappa shape index (κ1) is 17.2. The molecule has 1 aliphatic rings. The average molecular weight is 325 g/mol. The third-order valence-electron chi connectivity index (χ3n) is 4.94. The highest BCUT2D eigenvalue weighted by molar-refractivity contribution is 5.17. The van der Waals surface area contributed by atoms with Crippen LogP contribution in [0.5, 0.6) is 0 Å². The Labute approximate surface area is 144 Å². The first-order valence-corrected chi connectivity index (χ1v) is 8.88. The van der Waals surface area contributed by atoms with Gasteiger partial charge in [0, 0.05) is 25.6 Å². The molecule has 0 radical (unpaired) electrons. The number of rotatable bonds is 6. The van der Waals surface area contributed by atoms with Crippen molar-refractivity contribution in [2.24, 2.45) is 5.92 Å². The van der Waals surface area contributed by atoms with E-state index >= 15 is 0 Å². The van der Waals surface area contributed by atoms with Gasteiger partial charge >= 0.3 is 0 Å². The summed E-state index contributed by atoms with van der Waals surface area (Å²) in [4.78, 5) is 2.39. The molecular formula is C21H27NO2. The average Bonchev–Trinajstić information content (AvgIpc) is 2.61. The summed E-state index contributed by atoms with van der Waals surface area (Å²) in [6, 6.07) is 20.9. The number of benzene rings is 2. The summed E-state index contributed by atoms with van der Waals surface area (Å²) >= 11 is 0. The third-order valence-corrected chi connectivity index (χ3v) is 4.94. The fraction of sp³-hybridized carbons (Fsp3) is 0.429. The summed E-state index contributed by atoms with van der Waals surface area (Å²) in [5.41, 5.74) is 2.55. The van der Waals surface area contributed by atoms with Gasteiger partial charge in [0.15, 0.2) is 0 Å². The van der Waals surface area contributed by atoms with E-state index in [0.29, 0.717) is 0 Å². The lowest BCUT2D eigenvalue weighted by Crippen LogP contribution is -2.43. The van der Waals surface area contributed by atoms with Crippen LogP contribution in [0.15, 0.2) is 60.7 Å². The standard InChI is InChI=1S/C21H27NO2/c23-20-13-7-12-19(21(20)24)16-22(14-17-8-3-1-4-9-17)15-18-10-5-2-6-11-18/h1-6,8-11,19-21,23-24H,7,12-16H2/t19-,20+,21-/m1/s1. The van der Waals surface area contributed by atoms with Crippen molar-refractivity contribution in [2.45, 2.75) is 44.6 Å². The molecule has 0 saturated heterocycles. The van der Waals surface area contributed by atoms with Gasteiger partial charge in [-0.3, -0.25) is 4.90 Å². The van der Waals surface area contributed by atoms with E-state index in [9.17, 15) is 10.2 Å². The summed E-state index contributed by atoms with van der Waals surface area (Å²) in [5.74, 6) is 0.140. The Morgan fingerprint density at radius 2 is 1.33 bits per heavy atom. The van der Waals surface area contributed by atoms with E-state index in [4.69, 9.17) is 0 Å². The van der Waals surface area contributed by atoms with Gasteiger partial charge < -0.3 is 10.2 Å². The lowest BCUT2D eigenvalue weighted by Gasteiger charge is -2.35. The topological polar surface area (TPSA) is 43.7 Å². The van der Waals surface area contributed by atoms with Crippen molar-refractivity contribution >= 4 is 0 Å². The Hall–Kier alpha value is -1.68. The number of hydrogen-bond acceptors (Lipinski definition) is 3. The van der Waals surface area contributed by atoms with Crippen molar-refractivity contribution in [3.8, 4) is 0 Å². The van der Waals surface area contributed by atoms with Crippen LogP contribution in [0, 0.1) is 5.92 Å². The van der Waals surface area contributed by atoms with Gasteiger partial charge in [0.1, 0.15) is 0 Å². The van der Waals surface area contributed by atoms with Crippen LogP contribution in [0.2, 0.25) is 0 Å². The maximum Gasteiger partial charge on any atom is 0.0839 e. The van der Waals surface area contributed by atoms with Crippen LogP contribution in [0.1, 0.15) is 30.4 Å². The molecule has 3 nitrogen and oxygen atoms in total. The minimum Gasteiger partial charge on any atom is -0.390 e. The minimum absolute atomic E-state index is 0.140. The molecule has 0 unspecified atom stereocenters. The maximum absolute atomic E-state index is 10.3. The fourth-order valence-electron chi connectivity index (χ4n) is 3.64. The number of hydrogen-bond donors (Lipinski definition) is 2. The molecule has 3 rings (SSSR count). The normalized spacial score (nSPS) is 24.2. The molecule has 2 aromatic carbocycles. The van der Waals surface area contributed by atoms with Gasteiger partial charge in [-0.2, -0.15) is 0 Å². The Morgan fingerprint density at radius 3 is 1.88 bits per heavy atom. The first-order valence-electron chi connectivity index (χ1n) is 8.88. The van der Waals surface area contributed by atoms with E-state index in [0.717, 1.165) is 38.9 Å². The van der Waals surface area contributed by atoms with Crippen LogP contribution in [-0.4, -0.2) is 33.9 Å². The zero-order valence-corrected chi connectivity index (χ0v) is 14.1. The lowest BCUT2D eigenvalue weighted by molar-refractivity contribution is -0.0542. The van der Waals surface area contributed by atoms with Crippen molar-refractivity contribution < 1.29 is 10.2 Å². The van der Waals surface area contributed by atoms with E-state index in [1.807, 2.05) is 12.1 Å². The van der Waals surface area contributed by atoms with Gasteiger partial charge in [-0.15, -0.1) is 0 Å². The smallest absolute Gasteiger partial charge is 0.0839 e. The summed E-state index contributed by atoms with van der Waals surface area (Å²) in [7, 11) is 0. The van der Waals surface area contributed by atoms with Gasteiger partial charge in [-0.05, 0) is 24.0 Å². The highest BCUT2D eigenvalue weighted by Gasteiger charge is 2.31. The largest absolute Gasteiger partial charge is 0.390 e. The van der Waals surface area contributed by atoms with E-state index < -0.39 is 12.2 Å². The predicted molar refractivity (Wildman–Crippen MR) is 96.4 cm³/mol. The van der Waals surface area contributed by atoms with Crippen molar-refractivity contribution in [2.75, 3.05) is 6.54 Å². The second-order valence-corrected chi connectivity index (χ2v) is 6.89. The zero-order valence-electron chi connectivity index (χ0n) is 14.1. The zero-order chi connectivity index (χ0) is 16.8. The first-order chi connectivity index (χ1) is 11.7. The van der Waals surface area contributed by atoms with Gasteiger partial charge in [0.05, 0.1) is 12.2 Å². The molecule has 0 heterocycles. The quantitative estimate of drug-likeness (QED) is 0.857. The van der Waals surface area contributed by atoms with Gasteiger partial charge in [-0.25, -0.2) is 0 Å². The van der Waals surface area contributed by atoms with Crippen LogP contribution in [0.4, 0.5) is 0 Å². The van der Waals surface area contributed by atoms with E-state index in [1.54, 1.807) is 0 Å². The lowest BCUT2D eigenvalue weighted by atomic mass is 9.84. The van der Waals surface area contributed by atoms with Crippen LogP contribution in [0.3, 0.4) is 0 Å². The van der Waals surface area contributed by atoms with Crippen LogP contribution in [0.25, 0.3) is 0 Å². The van der Waals surface area contributed by atoms with Crippen molar-refractivity contribution in [3.05, 3.63) is 71.8 Å². The van der Waals surface area contributed by atoms with Gasteiger partial charge in [0.25, 0.3) is 0 Å². The molecule has 0 bridgehead atoms. The monoisotopic (exact) mass is 325 g/mol. The van der Waals surface area contributed by atoms with Crippen molar-refractivity contribution in [3.63, 3.8) is 0 Å². The summed E-state index contributed by atoms with van der Waals surface area (Å²) in [5, 5.41) is 20.3. The number of aliphatic hydroxyl groups is 2. The molecule has 24 heavy (non-hydrogen) atoms. The second-order valence-electron chi connectivity index (χ2n) is 6.89. The Bertz CT molecular complexity index is 560. The molecule has 0 aliphatic heterocycles. The second kappa shape index (κ2) is 8.43. The molecule has 0 aromatic heterocycles. The van der Waals surface area contributed by atoms with Crippen LogP contribution in [-0.2, 0) is 13.1 Å². The summed E-state index contributed by atoms with van der Waals surface area (Å²) < 4.78 is 0. The van der Waals surface area contributed by atoms with Gasteiger partial charge in [-0.1, -0.05) is 67.1 Å². The van der Waals surface area contributed by atoms with Crippen LogP contribution < -0.4 is 0 Å². The molecule has 1 saturated carbocycles. The molecule has 2 N–H and O–H groups in total. The van der Waals surface area contributed by atoms with E-state index in [-0.39, 0.29) is 5.92 Å². The maximum atomic E-state index is 10.3. The molecule has 1 aliphatic carbocycles. The summed E-state index contributed by atoms with van der Waals surface area (Å²) in [6.07, 6.45) is 1.52. The number of aliphatic hydroxyl groups excluding tert-OH is 2. The molecule has 0 spiro atoms. The summed E-state index contributed by atoms with van der Waals surface area (Å²) in [6.45, 7) is 2.52. The molecular weight excluding hydrogens is 298 g/mol. The highest BCUT2D eigenvalue weighted by atomic mass is 16.3. The van der Waals surface area contributed by atoms with E-state index in [1.165, 1.54) is 11.1 Å². The van der Waals surface area contributed by atoms with Crippen LogP contribution >= 0.6 is 0 Å². The Morgan fingerprint density at radius 1 is 0.792 bits per heavy atom. The molecule has 3 heteroatoms. The highest BCUT2D eigenvalue weighted by Crippen LogP contribution is 2.26.